The quantitative estimate of drug-likeness (QED) is 0.833. The summed E-state index contributed by atoms with van der Waals surface area (Å²) < 4.78 is 0.951. The number of carbonyl (C=O) groups excluding carboxylic acids is 1. The molecule has 1 atom stereocenters. The molecule has 2 rings (SSSR count). The standard InChI is InChI=1S/C12H13BrN2O3/c1-15-10-5-3-8(13)6-7(10)2-4-9(11(15)16)14-12(17)18/h3,5-6,9,14H,2,4H2,1H3,(H,17,18). The van der Waals surface area contributed by atoms with Crippen molar-refractivity contribution in [3.63, 3.8) is 0 Å². The molecule has 0 radical (unpaired) electrons. The van der Waals surface area contributed by atoms with Crippen LogP contribution in [0.3, 0.4) is 0 Å². The van der Waals surface area contributed by atoms with E-state index in [2.05, 4.69) is 21.2 Å². The fourth-order valence-corrected chi connectivity index (χ4v) is 2.55. The number of benzene rings is 1. The smallest absolute Gasteiger partial charge is 0.405 e. The number of nitrogens with zero attached hydrogens (tertiary/aromatic N) is 1. The normalized spacial score (nSPS) is 19.1. The Kier molecular flexibility index (Phi) is 3.56. The van der Waals surface area contributed by atoms with E-state index in [0.29, 0.717) is 12.8 Å². The molecule has 1 unspecified atom stereocenters. The van der Waals surface area contributed by atoms with Crippen molar-refractivity contribution in [1.82, 2.24) is 5.32 Å². The average molecular weight is 313 g/mol. The van der Waals surface area contributed by atoms with Gasteiger partial charge in [-0.05, 0) is 36.6 Å². The first-order chi connectivity index (χ1) is 8.49. The summed E-state index contributed by atoms with van der Waals surface area (Å²) in [6.45, 7) is 0. The number of likely N-dealkylation sites (N-methyl/N-ethyl adjacent to an activating group) is 1. The Bertz CT molecular complexity index is 504. The average Bonchev–Trinajstić information content (AvgIpc) is 2.41. The molecule has 0 fully saturated rings. The van der Waals surface area contributed by atoms with Crippen molar-refractivity contribution in [2.75, 3.05) is 11.9 Å². The number of aryl methyl sites for hydroxylation is 1. The van der Waals surface area contributed by atoms with Crippen LogP contribution in [-0.4, -0.2) is 30.2 Å². The molecule has 5 nitrogen and oxygen atoms in total. The topological polar surface area (TPSA) is 69.6 Å². The Morgan fingerprint density at radius 3 is 2.94 bits per heavy atom. The predicted molar refractivity (Wildman–Crippen MR) is 70.8 cm³/mol. The van der Waals surface area contributed by atoms with Gasteiger partial charge in [-0.25, -0.2) is 4.79 Å². The van der Waals surface area contributed by atoms with Crippen LogP contribution in [0.4, 0.5) is 10.5 Å². The van der Waals surface area contributed by atoms with E-state index in [0.717, 1.165) is 15.7 Å². The van der Waals surface area contributed by atoms with Crippen molar-refractivity contribution < 1.29 is 14.7 Å². The molecule has 0 spiro atoms. The van der Waals surface area contributed by atoms with Crippen LogP contribution in [0.25, 0.3) is 0 Å². The van der Waals surface area contributed by atoms with Crippen LogP contribution < -0.4 is 10.2 Å². The highest BCUT2D eigenvalue weighted by molar-refractivity contribution is 9.10. The van der Waals surface area contributed by atoms with Gasteiger partial charge in [0.15, 0.2) is 0 Å². The van der Waals surface area contributed by atoms with Crippen LogP contribution in [0.1, 0.15) is 12.0 Å². The van der Waals surface area contributed by atoms with E-state index in [4.69, 9.17) is 5.11 Å². The number of amides is 2. The number of halogens is 1. The molecule has 1 heterocycles. The van der Waals surface area contributed by atoms with E-state index in [1.165, 1.54) is 4.90 Å². The van der Waals surface area contributed by atoms with E-state index in [1.54, 1.807) is 7.05 Å². The Labute approximate surface area is 113 Å². The van der Waals surface area contributed by atoms with Crippen molar-refractivity contribution in [2.24, 2.45) is 0 Å². The molecule has 1 aliphatic heterocycles. The summed E-state index contributed by atoms with van der Waals surface area (Å²) >= 11 is 3.39. The van der Waals surface area contributed by atoms with Gasteiger partial charge in [0, 0.05) is 17.2 Å². The van der Waals surface area contributed by atoms with Crippen LogP contribution in [-0.2, 0) is 11.2 Å². The molecule has 0 saturated carbocycles. The van der Waals surface area contributed by atoms with E-state index in [9.17, 15) is 9.59 Å². The number of fused-ring (bicyclic) bond motifs is 1. The monoisotopic (exact) mass is 312 g/mol. The van der Waals surface area contributed by atoms with E-state index in [1.807, 2.05) is 18.2 Å². The lowest BCUT2D eigenvalue weighted by Crippen LogP contribution is -2.46. The molecule has 0 bridgehead atoms. The minimum atomic E-state index is -1.17. The van der Waals surface area contributed by atoms with Gasteiger partial charge in [0.05, 0.1) is 0 Å². The number of nitrogens with one attached hydrogen (secondary N) is 1. The molecule has 2 N–H and O–H groups in total. The fraction of sp³-hybridized carbons (Fsp3) is 0.333. The third-order valence-electron chi connectivity index (χ3n) is 3.03. The molecule has 0 aromatic heterocycles. The Morgan fingerprint density at radius 2 is 2.28 bits per heavy atom. The molecule has 2 amide bonds. The van der Waals surface area contributed by atoms with Crippen molar-refractivity contribution in [3.8, 4) is 0 Å². The van der Waals surface area contributed by atoms with Crippen LogP contribution in [0.15, 0.2) is 22.7 Å². The molecule has 0 saturated heterocycles. The number of carboxylic acid groups (broad SMARTS) is 1. The fourth-order valence-electron chi connectivity index (χ4n) is 2.14. The number of hydrogen-bond donors (Lipinski definition) is 2. The van der Waals surface area contributed by atoms with Crippen LogP contribution in [0.5, 0.6) is 0 Å². The molecular formula is C12H13BrN2O3. The number of hydrogen-bond acceptors (Lipinski definition) is 2. The summed E-state index contributed by atoms with van der Waals surface area (Å²) in [5.74, 6) is -0.224. The number of anilines is 1. The van der Waals surface area contributed by atoms with Crippen LogP contribution in [0.2, 0.25) is 0 Å². The van der Waals surface area contributed by atoms with Crippen LogP contribution >= 0.6 is 15.9 Å². The summed E-state index contributed by atoms with van der Waals surface area (Å²) in [6.07, 6.45) is -0.0387. The summed E-state index contributed by atoms with van der Waals surface area (Å²) in [5.41, 5.74) is 1.87. The predicted octanol–water partition coefficient (Wildman–Crippen LogP) is 1.99. The largest absolute Gasteiger partial charge is 0.465 e. The molecular weight excluding hydrogens is 300 g/mol. The summed E-state index contributed by atoms with van der Waals surface area (Å²) in [6, 6.07) is 5.01. The van der Waals surface area contributed by atoms with Crippen molar-refractivity contribution in [1.29, 1.82) is 0 Å². The highest BCUT2D eigenvalue weighted by Crippen LogP contribution is 2.28. The number of carbonyl (C=O) groups is 2. The van der Waals surface area contributed by atoms with E-state index < -0.39 is 12.1 Å². The van der Waals surface area contributed by atoms with Gasteiger partial charge in [0.2, 0.25) is 5.91 Å². The van der Waals surface area contributed by atoms with Gasteiger partial charge in [-0.3, -0.25) is 4.79 Å². The zero-order chi connectivity index (χ0) is 13.3. The second-order valence-electron chi connectivity index (χ2n) is 4.21. The van der Waals surface area contributed by atoms with Gasteiger partial charge in [0.25, 0.3) is 0 Å². The summed E-state index contributed by atoms with van der Waals surface area (Å²) in [7, 11) is 1.66. The lowest BCUT2D eigenvalue weighted by atomic mass is 10.1. The van der Waals surface area contributed by atoms with E-state index >= 15 is 0 Å². The van der Waals surface area contributed by atoms with Crippen molar-refractivity contribution >= 4 is 33.6 Å². The molecule has 1 aromatic carbocycles. The van der Waals surface area contributed by atoms with Gasteiger partial charge in [-0.15, -0.1) is 0 Å². The first-order valence-corrected chi connectivity index (χ1v) is 6.34. The Balaban J connectivity index is 2.32. The first kappa shape index (κ1) is 12.9. The summed E-state index contributed by atoms with van der Waals surface area (Å²) in [4.78, 5) is 24.3. The highest BCUT2D eigenvalue weighted by atomic mass is 79.9. The van der Waals surface area contributed by atoms with Gasteiger partial charge in [0.1, 0.15) is 6.04 Å². The second kappa shape index (κ2) is 4.97. The van der Waals surface area contributed by atoms with Crippen LogP contribution in [0, 0.1) is 0 Å². The maximum atomic E-state index is 12.1. The van der Waals surface area contributed by atoms with E-state index in [-0.39, 0.29) is 5.91 Å². The third-order valence-corrected chi connectivity index (χ3v) is 3.52. The second-order valence-corrected chi connectivity index (χ2v) is 5.13. The van der Waals surface area contributed by atoms with Gasteiger partial charge in [-0.2, -0.15) is 0 Å². The van der Waals surface area contributed by atoms with Gasteiger partial charge >= 0.3 is 6.09 Å². The molecule has 18 heavy (non-hydrogen) atoms. The van der Waals surface area contributed by atoms with Gasteiger partial charge < -0.3 is 15.3 Å². The third kappa shape index (κ3) is 2.48. The molecule has 6 heteroatoms. The van der Waals surface area contributed by atoms with Crippen molar-refractivity contribution in [3.05, 3.63) is 28.2 Å². The maximum absolute atomic E-state index is 12.1. The molecule has 1 aromatic rings. The zero-order valence-electron chi connectivity index (χ0n) is 9.81. The molecule has 0 aliphatic carbocycles. The summed E-state index contributed by atoms with van der Waals surface area (Å²) in [5, 5.41) is 11.0. The minimum Gasteiger partial charge on any atom is -0.465 e. The number of rotatable bonds is 1. The highest BCUT2D eigenvalue weighted by Gasteiger charge is 2.29. The Hall–Kier alpha value is -1.56. The molecule has 96 valence electrons. The zero-order valence-corrected chi connectivity index (χ0v) is 11.4. The Morgan fingerprint density at radius 1 is 1.56 bits per heavy atom. The first-order valence-electron chi connectivity index (χ1n) is 5.54. The van der Waals surface area contributed by atoms with Gasteiger partial charge in [-0.1, -0.05) is 15.9 Å². The molecule has 1 aliphatic rings. The van der Waals surface area contributed by atoms with Crippen molar-refractivity contribution in [2.45, 2.75) is 18.9 Å². The SMILES string of the molecule is CN1C(=O)C(NC(=O)O)CCc2cc(Br)ccc21. The minimum absolute atomic E-state index is 0.224. The lowest BCUT2D eigenvalue weighted by Gasteiger charge is -2.21. The maximum Gasteiger partial charge on any atom is 0.405 e. The lowest BCUT2D eigenvalue weighted by molar-refractivity contribution is -0.120.